The lowest BCUT2D eigenvalue weighted by atomic mass is 9.49. The van der Waals surface area contributed by atoms with E-state index >= 15 is 0 Å². The molecule has 5 nitrogen and oxygen atoms in total. The molecule has 1 aromatic rings. The second-order valence-electron chi connectivity index (χ2n) is 8.94. The number of aromatic nitrogens is 2. The van der Waals surface area contributed by atoms with Gasteiger partial charge in [-0.2, -0.15) is 4.98 Å². The lowest BCUT2D eigenvalue weighted by Gasteiger charge is -2.57. The van der Waals surface area contributed by atoms with Crippen LogP contribution in [0.5, 0.6) is 0 Å². The van der Waals surface area contributed by atoms with Gasteiger partial charge in [-0.15, -0.1) is 0 Å². The van der Waals surface area contributed by atoms with Gasteiger partial charge in [0.05, 0.1) is 5.41 Å². The molecule has 1 amide bonds. The fraction of sp³-hybridized carbons (Fsp3) is 0.842. The van der Waals surface area contributed by atoms with Crippen LogP contribution in [0.3, 0.4) is 0 Å². The summed E-state index contributed by atoms with van der Waals surface area (Å²) in [5.74, 6) is 4.76. The molecule has 0 unspecified atom stereocenters. The Morgan fingerprint density at radius 3 is 2.17 bits per heavy atom. The van der Waals surface area contributed by atoms with Gasteiger partial charge in [-0.05, 0) is 76.0 Å². The highest BCUT2D eigenvalue weighted by Crippen LogP contribution is 2.60. The van der Waals surface area contributed by atoms with Crippen molar-refractivity contribution in [2.45, 2.75) is 64.2 Å². The predicted octanol–water partition coefficient (Wildman–Crippen LogP) is 3.30. The number of hydrogen-bond donors (Lipinski definition) is 0. The number of nitrogens with zero attached hydrogens (tertiary/aromatic N) is 3. The van der Waals surface area contributed by atoms with E-state index in [0.717, 1.165) is 49.6 Å². The molecule has 5 fully saturated rings. The van der Waals surface area contributed by atoms with E-state index in [2.05, 4.69) is 15.0 Å². The summed E-state index contributed by atoms with van der Waals surface area (Å²) in [7, 11) is 0. The van der Waals surface area contributed by atoms with Crippen LogP contribution in [0, 0.1) is 30.1 Å². The van der Waals surface area contributed by atoms with Crippen molar-refractivity contribution in [1.82, 2.24) is 15.0 Å². The van der Waals surface area contributed by atoms with E-state index in [1.807, 2.05) is 6.92 Å². The zero-order valence-corrected chi connectivity index (χ0v) is 14.5. The maximum Gasteiger partial charge on any atom is 0.229 e. The third-order valence-corrected chi connectivity index (χ3v) is 7.17. The molecule has 0 spiro atoms. The molecule has 0 atom stereocenters. The summed E-state index contributed by atoms with van der Waals surface area (Å²) in [5.41, 5.74) is 0.00264. The number of carbonyl (C=O) groups is 1. The van der Waals surface area contributed by atoms with Crippen LogP contribution in [0.25, 0.3) is 0 Å². The summed E-state index contributed by atoms with van der Waals surface area (Å²) in [6.45, 7) is 3.57. The topological polar surface area (TPSA) is 59.2 Å². The van der Waals surface area contributed by atoms with E-state index in [-0.39, 0.29) is 5.41 Å². The van der Waals surface area contributed by atoms with E-state index in [9.17, 15) is 4.79 Å². The van der Waals surface area contributed by atoms with Crippen molar-refractivity contribution in [3.8, 4) is 0 Å². The maximum absolute atomic E-state index is 13.4. The summed E-state index contributed by atoms with van der Waals surface area (Å²) < 4.78 is 5.34. The van der Waals surface area contributed by atoms with Gasteiger partial charge in [0, 0.05) is 19.0 Å². The molecular formula is C19H27N3O2. The Morgan fingerprint density at radius 2 is 1.67 bits per heavy atom. The van der Waals surface area contributed by atoms with Crippen molar-refractivity contribution in [3.05, 3.63) is 11.7 Å². The first-order valence-electron chi connectivity index (χ1n) is 9.71. The molecule has 4 bridgehead atoms. The Bertz CT molecular complexity index is 610. The Balaban J connectivity index is 1.27. The van der Waals surface area contributed by atoms with Crippen molar-refractivity contribution in [2.24, 2.45) is 23.2 Å². The van der Waals surface area contributed by atoms with Crippen molar-refractivity contribution < 1.29 is 9.32 Å². The summed E-state index contributed by atoms with van der Waals surface area (Å²) in [5, 5.41) is 3.91. The predicted molar refractivity (Wildman–Crippen MR) is 88.2 cm³/mol. The molecule has 5 aliphatic rings. The van der Waals surface area contributed by atoms with Crippen LogP contribution in [-0.2, 0) is 4.79 Å². The van der Waals surface area contributed by atoms with Crippen LogP contribution >= 0.6 is 0 Å². The van der Waals surface area contributed by atoms with E-state index in [1.165, 1.54) is 38.5 Å². The first kappa shape index (κ1) is 14.9. The number of rotatable bonds is 2. The van der Waals surface area contributed by atoms with Crippen molar-refractivity contribution in [3.63, 3.8) is 0 Å². The van der Waals surface area contributed by atoms with Gasteiger partial charge in [0.25, 0.3) is 0 Å². The molecule has 1 aromatic heterocycles. The van der Waals surface area contributed by atoms with Gasteiger partial charge < -0.3 is 9.42 Å². The summed E-state index contributed by atoms with van der Waals surface area (Å²) in [6, 6.07) is 0. The fourth-order valence-electron chi connectivity index (χ4n) is 6.52. The lowest BCUT2D eigenvalue weighted by Crippen LogP contribution is -2.55. The van der Waals surface area contributed by atoms with Crippen molar-refractivity contribution in [2.75, 3.05) is 13.1 Å². The zero-order chi connectivity index (χ0) is 16.3. The average Bonchev–Trinajstić information content (AvgIpc) is 3.00. The highest BCUT2D eigenvalue weighted by molar-refractivity contribution is 5.83. The van der Waals surface area contributed by atoms with Crippen LogP contribution in [0.2, 0.25) is 0 Å². The normalized spacial score (nSPS) is 38.7. The minimum Gasteiger partial charge on any atom is -0.342 e. The zero-order valence-electron chi connectivity index (χ0n) is 14.5. The number of likely N-dealkylation sites (tertiary alicyclic amines) is 1. The van der Waals surface area contributed by atoms with Crippen molar-refractivity contribution >= 4 is 5.91 Å². The minimum absolute atomic E-state index is 0.00264. The van der Waals surface area contributed by atoms with E-state index in [1.54, 1.807) is 0 Å². The van der Waals surface area contributed by atoms with Gasteiger partial charge in [-0.1, -0.05) is 5.16 Å². The molecule has 4 saturated carbocycles. The number of amides is 1. The Hall–Kier alpha value is -1.39. The summed E-state index contributed by atoms with van der Waals surface area (Å²) in [4.78, 5) is 19.9. The standard InChI is InChI=1S/C19H27N3O2/c1-12-20-17(24-21-12)16-2-4-22(5-3-16)18(23)19-9-13-6-14(10-19)8-15(7-13)11-19/h13-16H,2-11H2,1H3. The third kappa shape index (κ3) is 2.31. The summed E-state index contributed by atoms with van der Waals surface area (Å²) in [6.07, 6.45) is 9.60. The van der Waals surface area contributed by atoms with Gasteiger partial charge in [0.1, 0.15) is 0 Å². The average molecular weight is 329 g/mol. The maximum atomic E-state index is 13.4. The van der Waals surface area contributed by atoms with Gasteiger partial charge in [0.2, 0.25) is 11.8 Å². The lowest BCUT2D eigenvalue weighted by molar-refractivity contribution is -0.158. The van der Waals surface area contributed by atoms with E-state index < -0.39 is 0 Å². The SMILES string of the molecule is Cc1noc(C2CCN(C(=O)C34CC5CC(CC(C5)C3)C4)CC2)n1. The molecule has 6 rings (SSSR count). The number of aryl methyl sites for hydroxylation is 1. The molecule has 24 heavy (non-hydrogen) atoms. The van der Waals surface area contributed by atoms with Gasteiger partial charge in [-0.3, -0.25) is 4.79 Å². The molecule has 130 valence electrons. The Morgan fingerprint density at radius 1 is 1.08 bits per heavy atom. The number of hydrogen-bond acceptors (Lipinski definition) is 4. The molecule has 0 N–H and O–H groups in total. The number of carbonyl (C=O) groups excluding carboxylic acids is 1. The number of piperidine rings is 1. The van der Waals surface area contributed by atoms with Gasteiger partial charge in [0.15, 0.2) is 5.82 Å². The van der Waals surface area contributed by atoms with Crippen LogP contribution < -0.4 is 0 Å². The minimum atomic E-state index is 0.00264. The van der Waals surface area contributed by atoms with Gasteiger partial charge >= 0.3 is 0 Å². The van der Waals surface area contributed by atoms with Crippen LogP contribution in [-0.4, -0.2) is 34.0 Å². The molecule has 4 aliphatic carbocycles. The van der Waals surface area contributed by atoms with Crippen LogP contribution in [0.4, 0.5) is 0 Å². The smallest absolute Gasteiger partial charge is 0.229 e. The second-order valence-corrected chi connectivity index (χ2v) is 8.94. The largest absolute Gasteiger partial charge is 0.342 e. The molecule has 0 aromatic carbocycles. The van der Waals surface area contributed by atoms with Gasteiger partial charge in [-0.25, -0.2) is 0 Å². The first-order chi connectivity index (χ1) is 11.6. The van der Waals surface area contributed by atoms with Crippen molar-refractivity contribution in [1.29, 1.82) is 0 Å². The second kappa shape index (κ2) is 5.30. The Labute approximate surface area is 143 Å². The third-order valence-electron chi connectivity index (χ3n) is 7.17. The highest BCUT2D eigenvalue weighted by atomic mass is 16.5. The van der Waals surface area contributed by atoms with E-state index in [0.29, 0.717) is 17.6 Å². The van der Waals surface area contributed by atoms with Crippen LogP contribution in [0.15, 0.2) is 4.52 Å². The molecule has 5 heteroatoms. The molecule has 1 aliphatic heterocycles. The monoisotopic (exact) mass is 329 g/mol. The molecule has 2 heterocycles. The fourth-order valence-corrected chi connectivity index (χ4v) is 6.52. The highest BCUT2D eigenvalue weighted by Gasteiger charge is 2.55. The first-order valence-corrected chi connectivity index (χ1v) is 9.71. The van der Waals surface area contributed by atoms with Crippen LogP contribution in [0.1, 0.15) is 69.0 Å². The molecule has 1 saturated heterocycles. The Kier molecular flexibility index (Phi) is 3.29. The quantitative estimate of drug-likeness (QED) is 0.835. The molecular weight excluding hydrogens is 302 g/mol. The van der Waals surface area contributed by atoms with E-state index in [4.69, 9.17) is 4.52 Å². The molecule has 0 radical (unpaired) electrons. The summed E-state index contributed by atoms with van der Waals surface area (Å²) >= 11 is 0.